The summed E-state index contributed by atoms with van der Waals surface area (Å²) in [5.41, 5.74) is 3.46. The van der Waals surface area contributed by atoms with Crippen molar-refractivity contribution in [3.8, 4) is 0 Å². The van der Waals surface area contributed by atoms with E-state index in [1.807, 2.05) is 32.0 Å². The number of rotatable bonds is 8. The third-order valence-corrected chi connectivity index (χ3v) is 4.65. The van der Waals surface area contributed by atoms with E-state index in [4.69, 9.17) is 17.9 Å². The Hall–Kier alpha value is -4.10. The van der Waals surface area contributed by atoms with Crippen molar-refractivity contribution in [2.24, 2.45) is 0 Å². The smallest absolute Gasteiger partial charge is 0.465 e. The van der Waals surface area contributed by atoms with E-state index in [2.05, 4.69) is 19.3 Å². The van der Waals surface area contributed by atoms with Crippen molar-refractivity contribution in [2.45, 2.75) is 13.8 Å². The third kappa shape index (κ3) is 6.19. The second kappa shape index (κ2) is 11.2. The molecule has 0 spiro atoms. The number of anilines is 1. The van der Waals surface area contributed by atoms with Gasteiger partial charge in [0.05, 0.1) is 24.8 Å². The molecular weight excluding hydrogens is 394 g/mol. The molecule has 0 aromatic heterocycles. The fourth-order valence-corrected chi connectivity index (χ4v) is 2.91. The molecule has 0 N–H and O–H groups in total. The number of aryl methyl sites for hydroxylation is 1. The van der Waals surface area contributed by atoms with Gasteiger partial charge in [-0.15, -0.1) is 0 Å². The first-order valence-electron chi connectivity index (χ1n) is 9.61. The molecule has 7 nitrogen and oxygen atoms in total. The van der Waals surface area contributed by atoms with E-state index in [0.29, 0.717) is 17.7 Å². The first-order chi connectivity index (χ1) is 14.9. The van der Waals surface area contributed by atoms with Crippen molar-refractivity contribution < 1.29 is 19.1 Å². The fourth-order valence-electron chi connectivity index (χ4n) is 2.91. The summed E-state index contributed by atoms with van der Waals surface area (Å²) in [5.74, 6) is -0.903. The van der Waals surface area contributed by atoms with Crippen molar-refractivity contribution in [2.75, 3.05) is 31.7 Å². The van der Waals surface area contributed by atoms with Gasteiger partial charge in [-0.1, -0.05) is 6.07 Å². The highest BCUT2D eigenvalue weighted by Crippen LogP contribution is 2.21. The van der Waals surface area contributed by atoms with Crippen LogP contribution in [0.5, 0.6) is 0 Å². The lowest BCUT2D eigenvalue weighted by atomic mass is 10.1. The molecule has 0 amide bonds. The van der Waals surface area contributed by atoms with Gasteiger partial charge in [-0.05, 0) is 61.4 Å². The Morgan fingerprint density at radius 3 is 2.16 bits per heavy atom. The predicted octanol–water partition coefficient (Wildman–Crippen LogP) is 4.60. The van der Waals surface area contributed by atoms with Crippen molar-refractivity contribution >= 4 is 23.7 Å². The molecule has 0 radical (unpaired) electrons. The second-order valence-electron chi connectivity index (χ2n) is 6.55. The van der Waals surface area contributed by atoms with Crippen molar-refractivity contribution in [1.29, 1.82) is 0 Å². The molecule has 2 aromatic carbocycles. The number of hydrogen-bond donors (Lipinski definition) is 0. The lowest BCUT2D eigenvalue weighted by Gasteiger charge is -2.23. The first kappa shape index (κ1) is 23.2. The van der Waals surface area contributed by atoms with Crippen LogP contribution in [0.3, 0.4) is 0 Å². The number of carbonyl (C=O) groups is 2. The largest absolute Gasteiger partial charge is 0.519 e. The van der Waals surface area contributed by atoms with Gasteiger partial charge in [-0.2, -0.15) is 9.69 Å². The topological polar surface area (TPSA) is 64.6 Å². The highest BCUT2D eigenvalue weighted by atomic mass is 16.5. The summed E-state index contributed by atoms with van der Waals surface area (Å²) in [6.45, 7) is 19.4. The Balaban J connectivity index is 1.99. The normalized spacial score (nSPS) is 9.71. The van der Waals surface area contributed by atoms with Gasteiger partial charge in [0, 0.05) is 18.3 Å². The summed E-state index contributed by atoms with van der Waals surface area (Å²) in [5, 5.41) is 0. The van der Waals surface area contributed by atoms with E-state index in [9.17, 15) is 9.59 Å². The number of carbonyl (C=O) groups excluding carboxylic acids is 2. The summed E-state index contributed by atoms with van der Waals surface area (Å²) >= 11 is 0. The zero-order chi connectivity index (χ0) is 22.8. The number of methoxy groups -OCH3 is 1. The van der Waals surface area contributed by atoms with Crippen molar-refractivity contribution in [3.05, 3.63) is 93.4 Å². The van der Waals surface area contributed by atoms with Gasteiger partial charge in [0.1, 0.15) is 19.8 Å². The zero-order valence-corrected chi connectivity index (χ0v) is 17.7. The standard InChI is InChI=1S/C24H23N3O4/c1-6-27(21-12-11-20(17(2)15-21)16-22(25-3)26-4)13-14-31-24(29)19-9-7-18(8-10-19)23(28)30-5/h7-12,15-16H,6,13-14H2,1-2,5H3. The predicted molar refractivity (Wildman–Crippen MR) is 118 cm³/mol. The van der Waals surface area contributed by atoms with Gasteiger partial charge >= 0.3 is 17.8 Å². The molecule has 0 saturated carbocycles. The van der Waals surface area contributed by atoms with E-state index < -0.39 is 11.9 Å². The Labute approximate surface area is 182 Å². The molecule has 31 heavy (non-hydrogen) atoms. The Morgan fingerprint density at radius 1 is 1.03 bits per heavy atom. The summed E-state index contributed by atoms with van der Waals surface area (Å²) in [7, 11) is 1.30. The van der Waals surface area contributed by atoms with Gasteiger partial charge in [0.15, 0.2) is 0 Å². The van der Waals surface area contributed by atoms with Crippen LogP contribution in [0.1, 0.15) is 38.8 Å². The maximum absolute atomic E-state index is 12.2. The Bertz CT molecular complexity index is 1040. The average Bonchev–Trinajstić information content (AvgIpc) is 2.80. The van der Waals surface area contributed by atoms with Crippen molar-refractivity contribution in [3.63, 3.8) is 0 Å². The summed E-state index contributed by atoms with van der Waals surface area (Å²) in [6, 6.07) is 11.9. The SMILES string of the molecule is [C-]#[N+]C(=Cc1ccc(N(CC)CCOC(=O)c2ccc(C(=O)OC)cc2)cc1C)[N+]#[C-]. The molecule has 0 aliphatic carbocycles. The number of ether oxygens (including phenoxy) is 2. The van der Waals surface area contributed by atoms with E-state index >= 15 is 0 Å². The van der Waals surface area contributed by atoms with Gasteiger partial charge in [-0.3, -0.25) is 0 Å². The average molecular weight is 417 g/mol. The third-order valence-electron chi connectivity index (χ3n) is 4.65. The minimum Gasteiger partial charge on any atom is -0.465 e. The number of likely N-dealkylation sites (N-methyl/N-ethyl adjacent to an activating group) is 1. The molecule has 0 atom stereocenters. The van der Waals surface area contributed by atoms with E-state index in [-0.39, 0.29) is 12.4 Å². The molecule has 2 aromatic rings. The molecule has 158 valence electrons. The van der Waals surface area contributed by atoms with E-state index in [1.54, 1.807) is 6.08 Å². The number of hydrogen-bond acceptors (Lipinski definition) is 5. The van der Waals surface area contributed by atoms with Crippen molar-refractivity contribution in [1.82, 2.24) is 0 Å². The molecule has 0 aliphatic heterocycles. The van der Waals surface area contributed by atoms with Crippen LogP contribution in [-0.4, -0.2) is 38.7 Å². The fraction of sp³-hybridized carbons (Fsp3) is 0.250. The Morgan fingerprint density at radius 2 is 1.65 bits per heavy atom. The maximum atomic E-state index is 12.2. The van der Waals surface area contributed by atoms with Crippen LogP contribution < -0.4 is 4.90 Å². The van der Waals surface area contributed by atoms with Gasteiger partial charge < -0.3 is 14.4 Å². The highest BCUT2D eigenvalue weighted by Gasteiger charge is 2.12. The monoisotopic (exact) mass is 417 g/mol. The molecule has 0 fully saturated rings. The van der Waals surface area contributed by atoms with Crippen LogP contribution in [0.15, 0.2) is 48.3 Å². The van der Waals surface area contributed by atoms with Crippen LogP contribution in [0.4, 0.5) is 5.69 Å². The van der Waals surface area contributed by atoms with Crippen LogP contribution in [0.25, 0.3) is 15.8 Å². The van der Waals surface area contributed by atoms with Gasteiger partial charge in [-0.25, -0.2) is 9.59 Å². The first-order valence-corrected chi connectivity index (χ1v) is 9.61. The molecular formula is C24H23N3O4. The van der Waals surface area contributed by atoms with E-state index in [1.165, 1.54) is 31.4 Å². The second-order valence-corrected chi connectivity index (χ2v) is 6.55. The van der Waals surface area contributed by atoms with Gasteiger partial charge in [0.25, 0.3) is 0 Å². The minimum absolute atomic E-state index is 0.0229. The number of nitrogens with zero attached hydrogens (tertiary/aromatic N) is 3. The zero-order valence-electron chi connectivity index (χ0n) is 17.7. The lowest BCUT2D eigenvalue weighted by Crippen LogP contribution is -2.28. The minimum atomic E-state index is -0.463. The summed E-state index contributed by atoms with van der Waals surface area (Å²) in [6.07, 6.45) is 1.57. The lowest BCUT2D eigenvalue weighted by molar-refractivity contribution is 0.0513. The molecule has 0 heterocycles. The van der Waals surface area contributed by atoms with Crippen LogP contribution in [0, 0.1) is 20.1 Å². The number of benzene rings is 2. The van der Waals surface area contributed by atoms with E-state index in [0.717, 1.165) is 23.4 Å². The van der Waals surface area contributed by atoms with Gasteiger partial charge in [0.2, 0.25) is 0 Å². The Kier molecular flexibility index (Phi) is 8.36. The highest BCUT2D eigenvalue weighted by molar-refractivity contribution is 5.93. The molecule has 2 rings (SSSR count). The van der Waals surface area contributed by atoms with Crippen LogP contribution in [-0.2, 0) is 9.47 Å². The summed E-state index contributed by atoms with van der Waals surface area (Å²) in [4.78, 5) is 32.2. The molecule has 0 unspecified atom stereocenters. The molecule has 0 saturated heterocycles. The van der Waals surface area contributed by atoms with Crippen LogP contribution in [0.2, 0.25) is 0 Å². The molecule has 7 heteroatoms. The maximum Gasteiger partial charge on any atom is 0.519 e. The number of esters is 2. The molecule has 0 bridgehead atoms. The van der Waals surface area contributed by atoms with Crippen LogP contribution >= 0.6 is 0 Å². The molecule has 0 aliphatic rings. The summed E-state index contributed by atoms with van der Waals surface area (Å²) < 4.78 is 10.0. The quantitative estimate of drug-likeness (QED) is 0.464.